The molecule has 2 aliphatic rings. The van der Waals surface area contributed by atoms with Crippen LogP contribution in [0.1, 0.15) is 42.0 Å². The zero-order chi connectivity index (χ0) is 29.8. The van der Waals surface area contributed by atoms with Crippen molar-refractivity contribution < 1.29 is 9.18 Å². The van der Waals surface area contributed by atoms with Crippen LogP contribution in [0.2, 0.25) is 0 Å². The van der Waals surface area contributed by atoms with Gasteiger partial charge in [0.15, 0.2) is 0 Å². The predicted molar refractivity (Wildman–Crippen MR) is 171 cm³/mol. The van der Waals surface area contributed by atoms with Crippen LogP contribution in [0.15, 0.2) is 64.3 Å². The molecule has 3 heterocycles. The molecule has 0 bridgehead atoms. The molecule has 2 fully saturated rings. The van der Waals surface area contributed by atoms with E-state index in [1.165, 1.54) is 23.9 Å². The number of hydrogen-bond donors (Lipinski definition) is 0. The van der Waals surface area contributed by atoms with Crippen LogP contribution in [-0.4, -0.2) is 45.9 Å². The number of anilines is 2. The van der Waals surface area contributed by atoms with Crippen LogP contribution in [0.5, 0.6) is 0 Å². The maximum absolute atomic E-state index is 13.6. The first-order chi connectivity index (χ1) is 20.3. The van der Waals surface area contributed by atoms with E-state index in [0.29, 0.717) is 59.6 Å². The van der Waals surface area contributed by atoms with E-state index in [1.54, 1.807) is 28.5 Å². The van der Waals surface area contributed by atoms with Crippen LogP contribution in [0, 0.1) is 24.1 Å². The SMILES string of the molecule is CCCCn1c(N2CCN(c3ccc(F)cc3)CC2)c(/C=C2\SC(=S)N(Cc3ccccc3)C2=O)c(C)c(C#N)c1=O. The second-order valence-corrected chi connectivity index (χ2v) is 12.0. The summed E-state index contributed by atoms with van der Waals surface area (Å²) in [5.74, 6) is 0.256. The first-order valence-electron chi connectivity index (χ1n) is 14.0. The summed E-state index contributed by atoms with van der Waals surface area (Å²) in [5.41, 5.74) is 2.94. The predicted octanol–water partition coefficient (Wildman–Crippen LogP) is 5.70. The van der Waals surface area contributed by atoms with E-state index in [4.69, 9.17) is 12.2 Å². The zero-order valence-corrected chi connectivity index (χ0v) is 25.3. The number of pyridine rings is 1. The molecule has 5 rings (SSSR count). The number of thioether (sulfide) groups is 1. The van der Waals surface area contributed by atoms with Gasteiger partial charge < -0.3 is 9.80 Å². The first kappa shape index (κ1) is 29.5. The summed E-state index contributed by atoms with van der Waals surface area (Å²) < 4.78 is 15.7. The van der Waals surface area contributed by atoms with Crippen molar-refractivity contribution in [3.8, 4) is 6.07 Å². The molecule has 0 atom stereocenters. The lowest BCUT2D eigenvalue weighted by atomic mass is 10.0. The highest BCUT2D eigenvalue weighted by Gasteiger charge is 2.34. The molecule has 0 N–H and O–H groups in total. The number of carbonyl (C=O) groups is 1. The number of piperazine rings is 1. The van der Waals surface area contributed by atoms with Gasteiger partial charge in [0.2, 0.25) is 0 Å². The number of hydrogen-bond acceptors (Lipinski definition) is 7. The lowest BCUT2D eigenvalue weighted by molar-refractivity contribution is -0.122. The van der Waals surface area contributed by atoms with E-state index in [0.717, 1.165) is 29.9 Å². The highest BCUT2D eigenvalue weighted by Crippen LogP contribution is 2.37. The van der Waals surface area contributed by atoms with Gasteiger partial charge in [-0.05, 0) is 54.8 Å². The lowest BCUT2D eigenvalue weighted by Gasteiger charge is -2.39. The van der Waals surface area contributed by atoms with Crippen LogP contribution >= 0.6 is 24.0 Å². The standard InChI is InChI=1S/C32H32FN5O2S2/c1-3-4-14-37-29(36-17-15-35(16-18-36)25-12-10-24(33)11-13-25)26(22(2)27(20-34)30(37)39)19-28-31(40)38(32(41)42-28)21-23-8-6-5-7-9-23/h5-13,19H,3-4,14-18,21H2,1-2H3/b28-19-. The van der Waals surface area contributed by atoms with Gasteiger partial charge in [0.25, 0.3) is 11.5 Å². The first-order valence-corrected chi connectivity index (χ1v) is 15.3. The molecule has 0 unspecified atom stereocenters. The molecule has 2 saturated heterocycles. The van der Waals surface area contributed by atoms with Crippen molar-refractivity contribution in [2.24, 2.45) is 0 Å². The van der Waals surface area contributed by atoms with Gasteiger partial charge in [-0.1, -0.05) is 67.7 Å². The number of rotatable bonds is 8. The Morgan fingerprint density at radius 3 is 2.33 bits per heavy atom. The number of halogens is 1. The number of nitriles is 1. The van der Waals surface area contributed by atoms with Crippen LogP contribution < -0.4 is 15.4 Å². The third-order valence-corrected chi connectivity index (χ3v) is 9.06. The monoisotopic (exact) mass is 601 g/mol. The molecule has 7 nitrogen and oxygen atoms in total. The average Bonchev–Trinajstić information content (AvgIpc) is 3.26. The van der Waals surface area contributed by atoms with E-state index in [9.17, 15) is 19.2 Å². The topological polar surface area (TPSA) is 72.6 Å². The van der Waals surface area contributed by atoms with Gasteiger partial charge in [0.1, 0.15) is 27.6 Å². The molecule has 0 aliphatic carbocycles. The molecule has 42 heavy (non-hydrogen) atoms. The Morgan fingerprint density at radius 2 is 1.69 bits per heavy atom. The number of thiocarbonyl (C=S) groups is 1. The maximum atomic E-state index is 13.6. The molecule has 0 spiro atoms. The van der Waals surface area contributed by atoms with Gasteiger partial charge in [-0.15, -0.1) is 0 Å². The molecule has 2 aliphatic heterocycles. The molecular weight excluding hydrogens is 570 g/mol. The van der Waals surface area contributed by atoms with Crippen molar-refractivity contribution in [3.63, 3.8) is 0 Å². The number of unbranched alkanes of at least 4 members (excludes halogenated alkanes) is 1. The summed E-state index contributed by atoms with van der Waals surface area (Å²) in [6, 6.07) is 18.3. The van der Waals surface area contributed by atoms with Gasteiger partial charge in [-0.3, -0.25) is 19.1 Å². The largest absolute Gasteiger partial charge is 0.368 e. The summed E-state index contributed by atoms with van der Waals surface area (Å²) in [6.45, 7) is 7.25. The molecule has 1 amide bonds. The molecule has 0 radical (unpaired) electrons. The van der Waals surface area contributed by atoms with Crippen molar-refractivity contribution in [2.45, 2.75) is 39.8 Å². The Labute approximate surface area is 254 Å². The minimum Gasteiger partial charge on any atom is -0.368 e. The Bertz CT molecular complexity index is 1620. The average molecular weight is 602 g/mol. The Hall–Kier alpha value is -3.94. The molecular formula is C32H32FN5O2S2. The summed E-state index contributed by atoms with van der Waals surface area (Å²) in [5, 5.41) is 9.98. The molecule has 1 aromatic heterocycles. The number of benzene rings is 2. The summed E-state index contributed by atoms with van der Waals surface area (Å²) in [7, 11) is 0. The summed E-state index contributed by atoms with van der Waals surface area (Å²) in [4.78, 5) is 33.6. The van der Waals surface area contributed by atoms with Crippen molar-refractivity contribution in [3.05, 3.63) is 97.9 Å². The van der Waals surface area contributed by atoms with E-state index < -0.39 is 0 Å². The van der Waals surface area contributed by atoms with Gasteiger partial charge in [-0.25, -0.2) is 4.39 Å². The van der Waals surface area contributed by atoms with E-state index >= 15 is 0 Å². The molecule has 0 saturated carbocycles. The maximum Gasteiger partial charge on any atom is 0.270 e. The fraction of sp³-hybridized carbons (Fsp3) is 0.312. The third-order valence-electron chi connectivity index (χ3n) is 7.69. The molecule has 10 heteroatoms. The Morgan fingerprint density at radius 1 is 1.02 bits per heavy atom. The molecule has 216 valence electrons. The van der Waals surface area contributed by atoms with Crippen LogP contribution in [-0.2, 0) is 17.9 Å². The van der Waals surface area contributed by atoms with Crippen molar-refractivity contribution >= 4 is 51.8 Å². The van der Waals surface area contributed by atoms with Gasteiger partial charge >= 0.3 is 0 Å². The minimum absolute atomic E-state index is 0.0887. The fourth-order valence-corrected chi connectivity index (χ4v) is 6.61. The van der Waals surface area contributed by atoms with Gasteiger partial charge in [0.05, 0.1) is 11.4 Å². The molecule has 3 aromatic rings. The van der Waals surface area contributed by atoms with E-state index in [1.807, 2.05) is 36.4 Å². The Balaban J connectivity index is 1.54. The second-order valence-electron chi connectivity index (χ2n) is 10.4. The zero-order valence-electron chi connectivity index (χ0n) is 23.7. The number of nitrogens with zero attached hydrogens (tertiary/aromatic N) is 5. The van der Waals surface area contributed by atoms with Crippen molar-refractivity contribution in [1.82, 2.24) is 9.47 Å². The van der Waals surface area contributed by atoms with Gasteiger partial charge in [0, 0.05) is 44.0 Å². The molecule has 2 aromatic carbocycles. The third kappa shape index (κ3) is 5.98. The fourth-order valence-electron chi connectivity index (χ4n) is 5.37. The van der Waals surface area contributed by atoms with E-state index in [-0.39, 0.29) is 22.8 Å². The Kier molecular flexibility index (Phi) is 9.09. The summed E-state index contributed by atoms with van der Waals surface area (Å²) >= 11 is 6.84. The van der Waals surface area contributed by atoms with Crippen LogP contribution in [0.3, 0.4) is 0 Å². The van der Waals surface area contributed by atoms with Gasteiger partial charge in [-0.2, -0.15) is 5.26 Å². The number of aromatic nitrogens is 1. The smallest absolute Gasteiger partial charge is 0.270 e. The highest BCUT2D eigenvalue weighted by molar-refractivity contribution is 8.26. The minimum atomic E-state index is -0.312. The number of carbonyl (C=O) groups excluding carboxylic acids is 1. The second kappa shape index (κ2) is 12.9. The van der Waals surface area contributed by atoms with Crippen molar-refractivity contribution in [2.75, 3.05) is 36.0 Å². The van der Waals surface area contributed by atoms with E-state index in [2.05, 4.69) is 22.8 Å². The summed E-state index contributed by atoms with van der Waals surface area (Å²) in [6.07, 6.45) is 3.46. The quantitative estimate of drug-likeness (QED) is 0.243. The highest BCUT2D eigenvalue weighted by atomic mass is 32.2. The normalized spacial score (nSPS) is 16.4. The van der Waals surface area contributed by atoms with Crippen molar-refractivity contribution in [1.29, 1.82) is 5.26 Å². The van der Waals surface area contributed by atoms with Crippen LogP contribution in [0.4, 0.5) is 15.9 Å². The lowest BCUT2D eigenvalue weighted by Crippen LogP contribution is -2.48. The number of amides is 1. The van der Waals surface area contributed by atoms with Crippen LogP contribution in [0.25, 0.3) is 6.08 Å².